The Hall–Kier alpha value is -0.0800. The van der Waals surface area contributed by atoms with Gasteiger partial charge in [-0.15, -0.1) is 0 Å². The van der Waals surface area contributed by atoms with Gasteiger partial charge in [-0.05, 0) is 0 Å². The first-order valence-electron chi connectivity index (χ1n) is 1.99. The van der Waals surface area contributed by atoms with Gasteiger partial charge in [0.05, 0.1) is 19.3 Å². The fourth-order valence-corrected chi connectivity index (χ4v) is 0.436. The molecule has 1 saturated heterocycles. The fourth-order valence-electron chi connectivity index (χ4n) is 0.436. The Balaban J connectivity index is 2.18. The second-order valence-corrected chi connectivity index (χ2v) is 1.34. The summed E-state index contributed by atoms with van der Waals surface area (Å²) in [6.45, 7) is 1.10. The Morgan fingerprint density at radius 2 is 2.67 bits per heavy atom. The van der Waals surface area contributed by atoms with Crippen LogP contribution < -0.4 is 0 Å². The zero-order chi connectivity index (χ0) is 4.41. The quantitative estimate of drug-likeness (QED) is 0.435. The van der Waals surface area contributed by atoms with E-state index in [-0.39, 0.29) is 6.10 Å². The van der Waals surface area contributed by atoms with Crippen LogP contribution in [0, 0.1) is 6.42 Å². The van der Waals surface area contributed by atoms with Crippen molar-refractivity contribution in [3.05, 3.63) is 6.42 Å². The van der Waals surface area contributed by atoms with Gasteiger partial charge in [0.2, 0.25) is 0 Å². The first kappa shape index (κ1) is 4.09. The van der Waals surface area contributed by atoms with Gasteiger partial charge in [0.15, 0.2) is 0 Å². The van der Waals surface area contributed by atoms with Gasteiger partial charge in [-0.2, -0.15) is 0 Å². The third-order valence-electron chi connectivity index (χ3n) is 0.775. The maximum atomic E-state index is 8.55. The van der Waals surface area contributed by atoms with Crippen LogP contribution in [0.25, 0.3) is 0 Å². The molecule has 1 rings (SSSR count). The average Bonchev–Trinajstić information content (AvgIpc) is 1.86. The molecule has 0 aromatic rings. The van der Waals surface area contributed by atoms with E-state index >= 15 is 0 Å². The van der Waals surface area contributed by atoms with Crippen LogP contribution in [-0.2, 0) is 4.74 Å². The van der Waals surface area contributed by atoms with Gasteiger partial charge < -0.3 is 9.84 Å². The number of hydrogen-bond donors (Lipinski definition) is 1. The normalized spacial score (nSPS) is 34.5. The van der Waals surface area contributed by atoms with Gasteiger partial charge in [0, 0.05) is 6.42 Å². The smallest absolute Gasteiger partial charge is 0.0828 e. The van der Waals surface area contributed by atoms with Crippen LogP contribution in [-0.4, -0.2) is 24.4 Å². The van der Waals surface area contributed by atoms with Crippen LogP contribution in [0.2, 0.25) is 0 Å². The highest BCUT2D eigenvalue weighted by Gasteiger charge is 2.10. The van der Waals surface area contributed by atoms with Gasteiger partial charge in [-0.3, -0.25) is 0 Å². The van der Waals surface area contributed by atoms with Gasteiger partial charge in [-0.25, -0.2) is 0 Å². The second-order valence-electron chi connectivity index (χ2n) is 1.34. The third kappa shape index (κ3) is 0.698. The van der Waals surface area contributed by atoms with E-state index in [0.29, 0.717) is 13.2 Å². The van der Waals surface area contributed by atoms with E-state index in [0.717, 1.165) is 0 Å². The molecule has 2 heteroatoms. The highest BCUT2D eigenvalue weighted by molar-refractivity contribution is 4.79. The minimum absolute atomic E-state index is 0.301. The van der Waals surface area contributed by atoms with Gasteiger partial charge in [-0.1, -0.05) is 0 Å². The summed E-state index contributed by atoms with van der Waals surface area (Å²) < 4.78 is 4.75. The van der Waals surface area contributed by atoms with Crippen molar-refractivity contribution in [3.63, 3.8) is 0 Å². The third-order valence-corrected chi connectivity index (χ3v) is 0.775. The maximum Gasteiger partial charge on any atom is 0.0828 e. The van der Waals surface area contributed by atoms with Crippen LogP contribution in [0.4, 0.5) is 0 Å². The summed E-state index contributed by atoms with van der Waals surface area (Å²) in [5, 5.41) is 8.55. The van der Waals surface area contributed by atoms with E-state index in [1.165, 1.54) is 0 Å². The highest BCUT2D eigenvalue weighted by atomic mass is 16.5. The fraction of sp³-hybridized carbons (Fsp3) is 0.750. The largest absolute Gasteiger partial charge is 0.390 e. The molecule has 0 amide bonds. The Labute approximate surface area is 36.7 Å². The molecule has 0 saturated carbocycles. The monoisotopic (exact) mass is 87.0 g/mol. The standard InChI is InChI=1S/C4H7O2/c5-4-1-2-6-3-4/h1,4-5H,2-3H2/t4-/m1/s1. The predicted octanol–water partition coefficient (Wildman–Crippen LogP) is -0.418. The molecule has 6 heavy (non-hydrogen) atoms. The lowest BCUT2D eigenvalue weighted by Crippen LogP contribution is -2.03. The lowest BCUT2D eigenvalue weighted by atomic mass is 10.3. The van der Waals surface area contributed by atoms with Crippen molar-refractivity contribution >= 4 is 0 Å². The summed E-state index contributed by atoms with van der Waals surface area (Å²) in [6.07, 6.45) is 1.44. The number of hydrogen-bond acceptors (Lipinski definition) is 2. The number of aliphatic hydroxyl groups is 1. The summed E-state index contributed by atoms with van der Waals surface area (Å²) in [5.41, 5.74) is 0. The van der Waals surface area contributed by atoms with E-state index in [4.69, 9.17) is 9.84 Å². The topological polar surface area (TPSA) is 29.5 Å². The van der Waals surface area contributed by atoms with E-state index in [1.807, 2.05) is 0 Å². The van der Waals surface area contributed by atoms with E-state index in [9.17, 15) is 0 Å². The molecule has 1 N–H and O–H groups in total. The van der Waals surface area contributed by atoms with E-state index in [2.05, 4.69) is 0 Å². The summed E-state index contributed by atoms with van der Waals surface area (Å²) in [6, 6.07) is 0. The molecule has 2 nitrogen and oxygen atoms in total. The van der Waals surface area contributed by atoms with Gasteiger partial charge in [0.1, 0.15) is 0 Å². The Morgan fingerprint density at radius 3 is 2.83 bits per heavy atom. The SMILES string of the molecule is O[C@@H]1[CH]COC1. The molecule has 0 aromatic carbocycles. The predicted molar refractivity (Wildman–Crippen MR) is 21.1 cm³/mol. The average molecular weight is 87.1 g/mol. The summed E-state index contributed by atoms with van der Waals surface area (Å²) in [7, 11) is 0. The molecule has 0 unspecified atom stereocenters. The van der Waals surface area contributed by atoms with Crippen LogP contribution in [0.15, 0.2) is 0 Å². The molecule has 1 radical (unpaired) electrons. The molecule has 0 spiro atoms. The molecule has 1 heterocycles. The van der Waals surface area contributed by atoms with Gasteiger partial charge >= 0.3 is 0 Å². The van der Waals surface area contributed by atoms with Crippen molar-refractivity contribution in [1.82, 2.24) is 0 Å². The molecular weight excluding hydrogens is 80.0 g/mol. The lowest BCUT2D eigenvalue weighted by Gasteiger charge is -1.88. The molecule has 1 fully saturated rings. The van der Waals surface area contributed by atoms with Crippen LogP contribution in [0.5, 0.6) is 0 Å². The minimum Gasteiger partial charge on any atom is -0.390 e. The number of aliphatic hydroxyl groups excluding tert-OH is 1. The van der Waals surface area contributed by atoms with Crippen LogP contribution >= 0.6 is 0 Å². The second kappa shape index (κ2) is 1.58. The molecule has 1 atom stereocenters. The lowest BCUT2D eigenvalue weighted by molar-refractivity contribution is 0.130. The molecule has 0 aliphatic carbocycles. The summed E-state index contributed by atoms with van der Waals surface area (Å²) >= 11 is 0. The Morgan fingerprint density at radius 1 is 1.83 bits per heavy atom. The molecule has 35 valence electrons. The highest BCUT2D eigenvalue weighted by Crippen LogP contribution is 1.99. The number of rotatable bonds is 0. The van der Waals surface area contributed by atoms with Crippen molar-refractivity contribution in [1.29, 1.82) is 0 Å². The molecule has 1 aliphatic heterocycles. The van der Waals surface area contributed by atoms with Crippen LogP contribution in [0.3, 0.4) is 0 Å². The van der Waals surface area contributed by atoms with Crippen LogP contribution in [0.1, 0.15) is 0 Å². The summed E-state index contributed by atoms with van der Waals surface area (Å²) in [4.78, 5) is 0. The maximum absolute atomic E-state index is 8.55. The summed E-state index contributed by atoms with van der Waals surface area (Å²) in [5.74, 6) is 0. The van der Waals surface area contributed by atoms with Gasteiger partial charge in [0.25, 0.3) is 0 Å². The van der Waals surface area contributed by atoms with Crippen molar-refractivity contribution in [2.45, 2.75) is 6.10 Å². The van der Waals surface area contributed by atoms with Crippen molar-refractivity contribution in [2.75, 3.05) is 13.2 Å². The van der Waals surface area contributed by atoms with E-state index < -0.39 is 0 Å². The Bertz CT molecular complexity index is 38.8. The Kier molecular flexibility index (Phi) is 1.08. The first-order valence-corrected chi connectivity index (χ1v) is 1.99. The van der Waals surface area contributed by atoms with Crippen molar-refractivity contribution in [3.8, 4) is 0 Å². The number of ether oxygens (including phenoxy) is 1. The molecule has 0 aromatic heterocycles. The first-order chi connectivity index (χ1) is 2.89. The minimum atomic E-state index is -0.301. The molecule has 0 bridgehead atoms. The molecule has 1 aliphatic rings. The zero-order valence-corrected chi connectivity index (χ0v) is 3.42. The van der Waals surface area contributed by atoms with E-state index in [1.54, 1.807) is 6.42 Å². The van der Waals surface area contributed by atoms with Crippen molar-refractivity contribution in [2.24, 2.45) is 0 Å². The molecular formula is C4H7O2. The van der Waals surface area contributed by atoms with Crippen molar-refractivity contribution < 1.29 is 9.84 Å². The zero-order valence-electron chi connectivity index (χ0n) is 3.42.